The topological polar surface area (TPSA) is 55.8 Å². The zero-order valence-corrected chi connectivity index (χ0v) is 13.8. The van der Waals surface area contributed by atoms with Gasteiger partial charge in [0.25, 0.3) is 5.91 Å². The minimum Gasteiger partial charge on any atom is -0.469 e. The standard InChI is InChI=1S/C16H22ClNO4/c1-3-22-12-6-10-18(11-9-15(19)21-2)16(20)13-7-4-5-8-14(13)17/h4-5,7-8H,3,6,9-12H2,1-2H3. The van der Waals surface area contributed by atoms with Gasteiger partial charge in [0, 0.05) is 26.3 Å². The van der Waals surface area contributed by atoms with Crippen LogP contribution in [0.4, 0.5) is 0 Å². The largest absolute Gasteiger partial charge is 0.469 e. The predicted octanol–water partition coefficient (Wildman–Crippen LogP) is 2.77. The summed E-state index contributed by atoms with van der Waals surface area (Å²) < 4.78 is 9.91. The maximum atomic E-state index is 12.6. The first-order valence-electron chi connectivity index (χ1n) is 7.28. The average molecular weight is 328 g/mol. The quantitative estimate of drug-likeness (QED) is 0.517. The molecule has 5 nitrogen and oxygen atoms in total. The van der Waals surface area contributed by atoms with E-state index in [-0.39, 0.29) is 18.3 Å². The van der Waals surface area contributed by atoms with Crippen molar-refractivity contribution in [2.45, 2.75) is 19.8 Å². The van der Waals surface area contributed by atoms with Gasteiger partial charge in [0.1, 0.15) is 0 Å². The second-order valence-corrected chi connectivity index (χ2v) is 5.06. The number of hydrogen-bond acceptors (Lipinski definition) is 4. The first kappa shape index (κ1) is 18.5. The maximum absolute atomic E-state index is 12.6. The van der Waals surface area contributed by atoms with Gasteiger partial charge in [-0.05, 0) is 25.5 Å². The number of carbonyl (C=O) groups excluding carboxylic acids is 2. The summed E-state index contributed by atoms with van der Waals surface area (Å²) in [6.07, 6.45) is 0.854. The van der Waals surface area contributed by atoms with E-state index in [0.717, 1.165) is 0 Å². The van der Waals surface area contributed by atoms with Crippen molar-refractivity contribution in [3.63, 3.8) is 0 Å². The fourth-order valence-electron chi connectivity index (χ4n) is 1.95. The fourth-order valence-corrected chi connectivity index (χ4v) is 2.17. The van der Waals surface area contributed by atoms with Crippen LogP contribution in [-0.2, 0) is 14.3 Å². The van der Waals surface area contributed by atoms with E-state index in [1.165, 1.54) is 7.11 Å². The number of esters is 1. The molecular formula is C16H22ClNO4. The summed E-state index contributed by atoms with van der Waals surface area (Å²) >= 11 is 6.07. The number of benzene rings is 1. The lowest BCUT2D eigenvalue weighted by Crippen LogP contribution is -2.34. The fraction of sp³-hybridized carbons (Fsp3) is 0.500. The number of rotatable bonds is 9. The Hall–Kier alpha value is -1.59. The third kappa shape index (κ3) is 6.03. The van der Waals surface area contributed by atoms with E-state index < -0.39 is 0 Å². The molecule has 0 aliphatic carbocycles. The number of amides is 1. The first-order chi connectivity index (χ1) is 10.6. The van der Waals surface area contributed by atoms with Gasteiger partial charge in [-0.1, -0.05) is 23.7 Å². The van der Waals surface area contributed by atoms with Gasteiger partial charge in [-0.25, -0.2) is 0 Å². The highest BCUT2D eigenvalue weighted by molar-refractivity contribution is 6.33. The van der Waals surface area contributed by atoms with Gasteiger partial charge in [0.15, 0.2) is 0 Å². The second kappa shape index (κ2) is 10.2. The molecule has 22 heavy (non-hydrogen) atoms. The molecule has 0 bridgehead atoms. The van der Waals surface area contributed by atoms with Gasteiger partial charge in [-0.15, -0.1) is 0 Å². The Balaban J connectivity index is 2.72. The lowest BCUT2D eigenvalue weighted by Gasteiger charge is -2.22. The third-order valence-electron chi connectivity index (χ3n) is 3.13. The summed E-state index contributed by atoms with van der Waals surface area (Å²) in [6, 6.07) is 6.89. The molecular weight excluding hydrogens is 306 g/mol. The van der Waals surface area contributed by atoms with Crippen molar-refractivity contribution < 1.29 is 19.1 Å². The molecule has 0 saturated carbocycles. The number of halogens is 1. The van der Waals surface area contributed by atoms with Gasteiger partial charge in [-0.3, -0.25) is 9.59 Å². The normalized spacial score (nSPS) is 10.3. The molecule has 1 rings (SSSR count). The summed E-state index contributed by atoms with van der Waals surface area (Å²) in [5.41, 5.74) is 0.436. The number of methoxy groups -OCH3 is 1. The molecule has 1 aromatic carbocycles. The van der Waals surface area contributed by atoms with E-state index in [2.05, 4.69) is 4.74 Å². The Labute approximate surface area is 136 Å². The molecule has 0 radical (unpaired) electrons. The van der Waals surface area contributed by atoms with E-state index in [1.54, 1.807) is 29.2 Å². The smallest absolute Gasteiger partial charge is 0.307 e. The molecule has 0 aromatic heterocycles. The molecule has 0 spiro atoms. The van der Waals surface area contributed by atoms with Crippen LogP contribution in [0.25, 0.3) is 0 Å². The number of hydrogen-bond donors (Lipinski definition) is 0. The summed E-state index contributed by atoms with van der Waals surface area (Å²) in [4.78, 5) is 25.5. The Morgan fingerprint density at radius 1 is 1.23 bits per heavy atom. The predicted molar refractivity (Wildman–Crippen MR) is 85.1 cm³/mol. The van der Waals surface area contributed by atoms with Gasteiger partial charge >= 0.3 is 5.97 Å². The Bertz CT molecular complexity index is 493. The van der Waals surface area contributed by atoms with Crippen LogP contribution in [0, 0.1) is 0 Å². The molecule has 6 heteroatoms. The van der Waals surface area contributed by atoms with Crippen LogP contribution in [0.15, 0.2) is 24.3 Å². The molecule has 1 amide bonds. The van der Waals surface area contributed by atoms with Crippen LogP contribution in [0.3, 0.4) is 0 Å². The van der Waals surface area contributed by atoms with Gasteiger partial charge in [0.05, 0.1) is 24.1 Å². The van der Waals surface area contributed by atoms with Crippen molar-refractivity contribution in [1.29, 1.82) is 0 Å². The van der Waals surface area contributed by atoms with Gasteiger partial charge in [-0.2, -0.15) is 0 Å². The van der Waals surface area contributed by atoms with Crippen molar-refractivity contribution in [1.82, 2.24) is 4.90 Å². The van der Waals surface area contributed by atoms with E-state index in [1.807, 2.05) is 6.92 Å². The van der Waals surface area contributed by atoms with Gasteiger partial charge in [0.2, 0.25) is 0 Å². The van der Waals surface area contributed by atoms with Crippen molar-refractivity contribution in [2.75, 3.05) is 33.4 Å². The molecule has 0 aliphatic rings. The lowest BCUT2D eigenvalue weighted by molar-refractivity contribution is -0.140. The number of nitrogens with zero attached hydrogens (tertiary/aromatic N) is 1. The molecule has 0 heterocycles. The highest BCUT2D eigenvalue weighted by atomic mass is 35.5. The highest BCUT2D eigenvalue weighted by Gasteiger charge is 2.19. The minimum atomic E-state index is -0.346. The Morgan fingerprint density at radius 3 is 2.59 bits per heavy atom. The Morgan fingerprint density at radius 2 is 1.95 bits per heavy atom. The molecule has 0 N–H and O–H groups in total. The monoisotopic (exact) mass is 327 g/mol. The van der Waals surface area contributed by atoms with Crippen molar-refractivity contribution in [3.05, 3.63) is 34.9 Å². The first-order valence-corrected chi connectivity index (χ1v) is 7.66. The third-order valence-corrected chi connectivity index (χ3v) is 3.46. The van der Waals surface area contributed by atoms with Crippen LogP contribution in [0.5, 0.6) is 0 Å². The molecule has 0 atom stereocenters. The SMILES string of the molecule is CCOCCCN(CCC(=O)OC)C(=O)c1ccccc1Cl. The summed E-state index contributed by atoms with van der Waals surface area (Å²) in [6.45, 7) is 3.93. The van der Waals surface area contributed by atoms with Crippen LogP contribution in [-0.4, -0.2) is 50.2 Å². The average Bonchev–Trinajstić information content (AvgIpc) is 2.53. The minimum absolute atomic E-state index is 0.154. The second-order valence-electron chi connectivity index (χ2n) is 4.65. The zero-order valence-electron chi connectivity index (χ0n) is 13.0. The molecule has 0 aliphatic heterocycles. The molecule has 0 saturated heterocycles. The maximum Gasteiger partial charge on any atom is 0.307 e. The van der Waals surface area contributed by atoms with E-state index >= 15 is 0 Å². The van der Waals surface area contributed by atoms with Crippen molar-refractivity contribution in [3.8, 4) is 0 Å². The summed E-state index contributed by atoms with van der Waals surface area (Å²) in [7, 11) is 1.33. The van der Waals surface area contributed by atoms with E-state index in [9.17, 15) is 9.59 Å². The zero-order chi connectivity index (χ0) is 16.4. The van der Waals surface area contributed by atoms with E-state index in [0.29, 0.717) is 43.3 Å². The van der Waals surface area contributed by atoms with Crippen LogP contribution >= 0.6 is 11.6 Å². The summed E-state index contributed by atoms with van der Waals surface area (Å²) in [5.74, 6) is -0.534. The Kier molecular flexibility index (Phi) is 8.55. The molecule has 0 unspecified atom stereocenters. The number of carbonyl (C=O) groups is 2. The van der Waals surface area contributed by atoms with Crippen molar-refractivity contribution in [2.24, 2.45) is 0 Å². The molecule has 122 valence electrons. The van der Waals surface area contributed by atoms with Crippen LogP contribution in [0.2, 0.25) is 5.02 Å². The summed E-state index contributed by atoms with van der Waals surface area (Å²) in [5, 5.41) is 0.403. The van der Waals surface area contributed by atoms with Gasteiger partial charge < -0.3 is 14.4 Å². The highest BCUT2D eigenvalue weighted by Crippen LogP contribution is 2.17. The van der Waals surface area contributed by atoms with E-state index in [4.69, 9.17) is 16.3 Å². The van der Waals surface area contributed by atoms with Crippen LogP contribution < -0.4 is 0 Å². The number of ether oxygens (including phenoxy) is 2. The molecule has 1 aromatic rings. The van der Waals surface area contributed by atoms with Crippen molar-refractivity contribution >= 4 is 23.5 Å². The van der Waals surface area contributed by atoms with Crippen LogP contribution in [0.1, 0.15) is 30.1 Å². The molecule has 0 fully saturated rings. The lowest BCUT2D eigenvalue weighted by atomic mass is 10.2.